The van der Waals surface area contributed by atoms with Crippen molar-refractivity contribution < 1.29 is 13.9 Å². The summed E-state index contributed by atoms with van der Waals surface area (Å²) in [6, 6.07) is 9.78. The molecule has 21 heavy (non-hydrogen) atoms. The van der Waals surface area contributed by atoms with Gasteiger partial charge in [0.15, 0.2) is 0 Å². The van der Waals surface area contributed by atoms with Crippen LogP contribution in [0.1, 0.15) is 37.6 Å². The van der Waals surface area contributed by atoms with Gasteiger partial charge in [0.2, 0.25) is 0 Å². The predicted octanol–water partition coefficient (Wildman–Crippen LogP) is 3.93. The molecule has 0 saturated heterocycles. The van der Waals surface area contributed by atoms with Crippen molar-refractivity contribution in [3.63, 3.8) is 0 Å². The highest BCUT2D eigenvalue weighted by atomic mass is 16.5. The van der Waals surface area contributed by atoms with Gasteiger partial charge in [0.25, 0.3) is 0 Å². The molecule has 1 atom stereocenters. The zero-order chi connectivity index (χ0) is 15.1. The minimum Gasteiger partial charge on any atom is -0.496 e. The fraction of sp³-hybridized carbons (Fsp3) is 0.412. The van der Waals surface area contributed by atoms with E-state index in [1.54, 1.807) is 13.4 Å². The van der Waals surface area contributed by atoms with Gasteiger partial charge in [-0.05, 0) is 44.2 Å². The van der Waals surface area contributed by atoms with Crippen LogP contribution < -0.4 is 14.8 Å². The zero-order valence-electron chi connectivity index (χ0n) is 12.9. The van der Waals surface area contributed by atoms with E-state index in [-0.39, 0.29) is 6.04 Å². The predicted molar refractivity (Wildman–Crippen MR) is 82.7 cm³/mol. The molecule has 0 saturated carbocycles. The molecule has 0 amide bonds. The van der Waals surface area contributed by atoms with E-state index in [0.29, 0.717) is 6.61 Å². The Morgan fingerprint density at radius 1 is 1.19 bits per heavy atom. The number of benzene rings is 1. The number of hydrogen-bond acceptors (Lipinski definition) is 4. The van der Waals surface area contributed by atoms with Gasteiger partial charge in [0.1, 0.15) is 23.9 Å². The second-order valence-electron chi connectivity index (χ2n) is 4.92. The molecular formula is C17H23NO3. The molecule has 1 N–H and O–H groups in total. The second kappa shape index (κ2) is 7.74. The highest BCUT2D eigenvalue weighted by Crippen LogP contribution is 2.34. The van der Waals surface area contributed by atoms with Crippen LogP contribution in [0.5, 0.6) is 11.5 Å². The van der Waals surface area contributed by atoms with Gasteiger partial charge in [-0.3, -0.25) is 0 Å². The lowest BCUT2D eigenvalue weighted by atomic mass is 10.1. The van der Waals surface area contributed by atoms with Crippen LogP contribution in [0.4, 0.5) is 0 Å². The van der Waals surface area contributed by atoms with Crippen LogP contribution in [0.2, 0.25) is 0 Å². The minimum absolute atomic E-state index is 0.160. The second-order valence-corrected chi connectivity index (χ2v) is 4.92. The van der Waals surface area contributed by atoms with Crippen LogP contribution in [-0.2, 0) is 6.61 Å². The van der Waals surface area contributed by atoms with Gasteiger partial charge in [-0.1, -0.05) is 13.0 Å². The summed E-state index contributed by atoms with van der Waals surface area (Å²) in [5.74, 6) is 2.46. The van der Waals surface area contributed by atoms with E-state index in [9.17, 15) is 0 Å². The normalized spacial score (nSPS) is 12.1. The van der Waals surface area contributed by atoms with Crippen molar-refractivity contribution in [3.05, 3.63) is 47.9 Å². The third-order valence-electron chi connectivity index (χ3n) is 3.33. The zero-order valence-corrected chi connectivity index (χ0v) is 12.9. The summed E-state index contributed by atoms with van der Waals surface area (Å²) in [7, 11) is 1.68. The summed E-state index contributed by atoms with van der Waals surface area (Å²) in [4.78, 5) is 0. The molecule has 1 unspecified atom stereocenters. The molecular weight excluding hydrogens is 266 g/mol. The maximum absolute atomic E-state index is 5.91. The average Bonchev–Trinajstić information content (AvgIpc) is 3.03. The van der Waals surface area contributed by atoms with Crippen molar-refractivity contribution in [2.45, 2.75) is 32.9 Å². The Balaban J connectivity index is 2.18. The van der Waals surface area contributed by atoms with Gasteiger partial charge in [-0.15, -0.1) is 0 Å². The van der Waals surface area contributed by atoms with E-state index in [2.05, 4.69) is 19.2 Å². The Kier molecular flexibility index (Phi) is 5.69. The molecule has 1 aromatic heterocycles. The lowest BCUT2D eigenvalue weighted by molar-refractivity contribution is 0.263. The van der Waals surface area contributed by atoms with Crippen molar-refractivity contribution in [3.8, 4) is 11.5 Å². The number of hydrogen-bond donors (Lipinski definition) is 1. The first-order chi connectivity index (χ1) is 10.3. The van der Waals surface area contributed by atoms with Crippen molar-refractivity contribution >= 4 is 0 Å². The molecule has 0 radical (unpaired) electrons. The number of methoxy groups -OCH3 is 1. The van der Waals surface area contributed by atoms with E-state index in [0.717, 1.165) is 35.8 Å². The van der Waals surface area contributed by atoms with Crippen LogP contribution in [-0.4, -0.2) is 13.7 Å². The minimum atomic E-state index is 0.160. The maximum Gasteiger partial charge on any atom is 0.146 e. The standard InChI is InChI=1S/C17H23NO3/c1-4-10-18-13(2)17-15(19-3)8-5-9-16(17)21-12-14-7-6-11-20-14/h5-9,11,13,18H,4,10,12H2,1-3H3. The molecule has 0 aliphatic rings. The Bertz CT molecular complexity index is 537. The molecule has 0 bridgehead atoms. The fourth-order valence-corrected chi connectivity index (χ4v) is 2.26. The third kappa shape index (κ3) is 4.02. The molecule has 0 spiro atoms. The Hall–Kier alpha value is -1.94. The maximum atomic E-state index is 5.91. The SMILES string of the molecule is CCCNC(C)c1c(OC)cccc1OCc1ccco1. The van der Waals surface area contributed by atoms with E-state index in [1.165, 1.54) is 0 Å². The molecule has 0 aliphatic carbocycles. The summed E-state index contributed by atoms with van der Waals surface area (Å²) in [5.41, 5.74) is 1.04. The van der Waals surface area contributed by atoms with E-state index in [4.69, 9.17) is 13.9 Å². The van der Waals surface area contributed by atoms with E-state index < -0.39 is 0 Å². The van der Waals surface area contributed by atoms with E-state index >= 15 is 0 Å². The summed E-state index contributed by atoms with van der Waals surface area (Å²) in [6.45, 7) is 5.63. The quantitative estimate of drug-likeness (QED) is 0.799. The van der Waals surface area contributed by atoms with Gasteiger partial charge in [0.05, 0.1) is 18.9 Å². The third-order valence-corrected chi connectivity index (χ3v) is 3.33. The Labute approximate surface area is 126 Å². The lowest BCUT2D eigenvalue weighted by Gasteiger charge is -2.20. The van der Waals surface area contributed by atoms with Crippen LogP contribution in [0.3, 0.4) is 0 Å². The number of furan rings is 1. The summed E-state index contributed by atoms with van der Waals surface area (Å²) in [5, 5.41) is 3.47. The van der Waals surface area contributed by atoms with Crippen molar-refractivity contribution in [1.29, 1.82) is 0 Å². The molecule has 1 aromatic carbocycles. The van der Waals surface area contributed by atoms with Gasteiger partial charge in [-0.25, -0.2) is 0 Å². The first-order valence-corrected chi connectivity index (χ1v) is 7.31. The first-order valence-electron chi connectivity index (χ1n) is 7.31. The van der Waals surface area contributed by atoms with Crippen molar-refractivity contribution in [1.82, 2.24) is 5.32 Å². The highest BCUT2D eigenvalue weighted by molar-refractivity contribution is 5.46. The highest BCUT2D eigenvalue weighted by Gasteiger charge is 2.17. The molecule has 0 fully saturated rings. The van der Waals surface area contributed by atoms with Gasteiger partial charge < -0.3 is 19.2 Å². The van der Waals surface area contributed by atoms with Crippen LogP contribution in [0, 0.1) is 0 Å². The molecule has 114 valence electrons. The molecule has 1 heterocycles. The fourth-order valence-electron chi connectivity index (χ4n) is 2.26. The van der Waals surface area contributed by atoms with Crippen LogP contribution in [0.25, 0.3) is 0 Å². The molecule has 2 aromatic rings. The smallest absolute Gasteiger partial charge is 0.146 e. The average molecular weight is 289 g/mol. The summed E-state index contributed by atoms with van der Waals surface area (Å²) < 4.78 is 16.7. The monoisotopic (exact) mass is 289 g/mol. The number of rotatable bonds is 8. The Morgan fingerprint density at radius 2 is 2.00 bits per heavy atom. The lowest BCUT2D eigenvalue weighted by Crippen LogP contribution is -2.20. The topological polar surface area (TPSA) is 43.6 Å². The summed E-state index contributed by atoms with van der Waals surface area (Å²) >= 11 is 0. The number of ether oxygens (including phenoxy) is 2. The Morgan fingerprint density at radius 3 is 2.67 bits per heavy atom. The van der Waals surface area contributed by atoms with E-state index in [1.807, 2.05) is 30.3 Å². The number of nitrogens with one attached hydrogen (secondary N) is 1. The molecule has 4 heteroatoms. The molecule has 0 aliphatic heterocycles. The van der Waals surface area contributed by atoms with Gasteiger partial charge >= 0.3 is 0 Å². The van der Waals surface area contributed by atoms with Crippen LogP contribution >= 0.6 is 0 Å². The van der Waals surface area contributed by atoms with Crippen LogP contribution in [0.15, 0.2) is 41.0 Å². The molecule has 2 rings (SSSR count). The largest absolute Gasteiger partial charge is 0.496 e. The van der Waals surface area contributed by atoms with Crippen molar-refractivity contribution in [2.75, 3.05) is 13.7 Å². The summed E-state index contributed by atoms with van der Waals surface area (Å²) in [6.07, 6.45) is 2.73. The molecule has 4 nitrogen and oxygen atoms in total. The van der Waals surface area contributed by atoms with Gasteiger partial charge in [-0.2, -0.15) is 0 Å². The van der Waals surface area contributed by atoms with Crippen molar-refractivity contribution in [2.24, 2.45) is 0 Å². The van der Waals surface area contributed by atoms with Gasteiger partial charge in [0, 0.05) is 6.04 Å². The first kappa shape index (κ1) is 15.4.